The van der Waals surface area contributed by atoms with Crippen molar-refractivity contribution in [2.24, 2.45) is 11.8 Å². The van der Waals surface area contributed by atoms with Gasteiger partial charge in [0.05, 0.1) is 5.52 Å². The topological polar surface area (TPSA) is 71.0 Å². The third-order valence-electron chi connectivity index (χ3n) is 6.04. The van der Waals surface area contributed by atoms with Crippen LogP contribution in [0.3, 0.4) is 0 Å². The van der Waals surface area contributed by atoms with Crippen LogP contribution in [0.5, 0.6) is 0 Å². The zero-order valence-electron chi connectivity index (χ0n) is 17.9. The lowest BCUT2D eigenvalue weighted by Crippen LogP contribution is -2.44. The molecule has 3 aromatic rings. The molecule has 1 aliphatic heterocycles. The lowest BCUT2D eigenvalue weighted by molar-refractivity contribution is -0.126. The predicted octanol–water partition coefficient (Wildman–Crippen LogP) is 4.07. The Balaban J connectivity index is 1.56. The van der Waals surface area contributed by atoms with Gasteiger partial charge in [-0.3, -0.25) is 9.78 Å². The quantitative estimate of drug-likeness (QED) is 0.695. The Hall–Kier alpha value is -3.02. The maximum absolute atomic E-state index is 12.6. The monoisotopic (exact) mass is 403 g/mol. The molecule has 0 spiro atoms. The molecule has 0 radical (unpaired) electrons. The van der Waals surface area contributed by atoms with E-state index in [0.29, 0.717) is 11.7 Å². The second kappa shape index (κ2) is 8.78. The highest BCUT2D eigenvalue weighted by Gasteiger charge is 2.28. The molecule has 1 fully saturated rings. The highest BCUT2D eigenvalue weighted by atomic mass is 16.1. The van der Waals surface area contributed by atoms with E-state index in [4.69, 9.17) is 9.97 Å². The lowest BCUT2D eigenvalue weighted by atomic mass is 9.94. The number of hydrogen-bond acceptors (Lipinski definition) is 5. The largest absolute Gasteiger partial charge is 0.356 e. The second-order valence-electron chi connectivity index (χ2n) is 8.43. The first-order valence-electron chi connectivity index (χ1n) is 10.8. The van der Waals surface area contributed by atoms with Crippen LogP contribution >= 0.6 is 0 Å². The number of nitrogens with one attached hydrogen (secondary N) is 1. The van der Waals surface area contributed by atoms with Crippen LogP contribution in [0.1, 0.15) is 33.6 Å². The molecule has 6 heteroatoms. The molecular formula is C24H29N5O. The minimum atomic E-state index is 0.0633. The van der Waals surface area contributed by atoms with Gasteiger partial charge in [0.2, 0.25) is 5.91 Å². The van der Waals surface area contributed by atoms with Gasteiger partial charge < -0.3 is 10.2 Å². The fraction of sp³-hybridized carbons (Fsp3) is 0.417. The van der Waals surface area contributed by atoms with Crippen molar-refractivity contribution < 1.29 is 4.79 Å². The standard InChI is InChI=1S/C24H29N5O/c1-16(2)17(3)26-24(30)18-10-13-29(14-11-18)23-20-8-4-5-9-21(20)27-22(28-23)19-7-6-12-25-15-19/h4-9,12,15-18H,10-11,13-14H2,1-3H3,(H,26,30). The van der Waals surface area contributed by atoms with Crippen LogP contribution in [-0.4, -0.2) is 40.0 Å². The fourth-order valence-electron chi connectivity index (χ4n) is 3.79. The first-order valence-corrected chi connectivity index (χ1v) is 10.8. The van der Waals surface area contributed by atoms with Gasteiger partial charge in [0.15, 0.2) is 5.82 Å². The number of nitrogens with zero attached hydrogens (tertiary/aromatic N) is 4. The third kappa shape index (κ3) is 4.27. The van der Waals surface area contributed by atoms with E-state index in [1.54, 1.807) is 12.4 Å². The number of carbonyl (C=O) groups excluding carboxylic acids is 1. The molecule has 4 rings (SSSR count). The summed E-state index contributed by atoms with van der Waals surface area (Å²) in [5.74, 6) is 2.30. The van der Waals surface area contributed by atoms with Crippen molar-refractivity contribution in [1.29, 1.82) is 0 Å². The SMILES string of the molecule is CC(C)C(C)NC(=O)C1CCN(c2nc(-c3cccnc3)nc3ccccc23)CC1. The highest BCUT2D eigenvalue weighted by Crippen LogP contribution is 2.30. The van der Waals surface area contributed by atoms with Crippen molar-refractivity contribution in [1.82, 2.24) is 20.3 Å². The minimum absolute atomic E-state index is 0.0633. The number of carbonyl (C=O) groups is 1. The fourth-order valence-corrected chi connectivity index (χ4v) is 3.79. The molecule has 3 heterocycles. The summed E-state index contributed by atoms with van der Waals surface area (Å²) < 4.78 is 0. The predicted molar refractivity (Wildman–Crippen MR) is 120 cm³/mol. The van der Waals surface area contributed by atoms with Crippen molar-refractivity contribution in [3.63, 3.8) is 0 Å². The summed E-state index contributed by atoms with van der Waals surface area (Å²) >= 11 is 0. The number of anilines is 1. The number of aromatic nitrogens is 3. The Bertz CT molecular complexity index is 1010. The van der Waals surface area contributed by atoms with Crippen LogP contribution in [0.2, 0.25) is 0 Å². The molecule has 2 aromatic heterocycles. The Morgan fingerprint density at radius 3 is 2.53 bits per heavy atom. The molecule has 0 aliphatic carbocycles. The van der Waals surface area contributed by atoms with E-state index in [9.17, 15) is 4.79 Å². The van der Waals surface area contributed by atoms with Gasteiger partial charge in [-0.2, -0.15) is 0 Å². The smallest absolute Gasteiger partial charge is 0.223 e. The highest BCUT2D eigenvalue weighted by molar-refractivity contribution is 5.91. The van der Waals surface area contributed by atoms with Gasteiger partial charge in [0.25, 0.3) is 0 Å². The van der Waals surface area contributed by atoms with E-state index < -0.39 is 0 Å². The summed E-state index contributed by atoms with van der Waals surface area (Å²) in [5.41, 5.74) is 1.83. The van der Waals surface area contributed by atoms with E-state index >= 15 is 0 Å². The Morgan fingerprint density at radius 1 is 1.07 bits per heavy atom. The van der Waals surface area contributed by atoms with Crippen molar-refractivity contribution >= 4 is 22.6 Å². The Kier molecular flexibility index (Phi) is 5.93. The number of rotatable bonds is 5. The van der Waals surface area contributed by atoms with Gasteiger partial charge in [-0.05, 0) is 49.9 Å². The molecule has 1 unspecified atom stereocenters. The minimum Gasteiger partial charge on any atom is -0.356 e. The number of fused-ring (bicyclic) bond motifs is 1. The molecule has 1 N–H and O–H groups in total. The van der Waals surface area contributed by atoms with E-state index in [1.807, 2.05) is 30.3 Å². The Labute approximate surface area is 177 Å². The molecule has 0 bridgehead atoms. The van der Waals surface area contributed by atoms with Gasteiger partial charge in [-0.1, -0.05) is 26.0 Å². The molecule has 1 aliphatic rings. The lowest BCUT2D eigenvalue weighted by Gasteiger charge is -2.33. The van der Waals surface area contributed by atoms with Crippen LogP contribution < -0.4 is 10.2 Å². The van der Waals surface area contributed by atoms with Crippen LogP contribution in [0.15, 0.2) is 48.8 Å². The van der Waals surface area contributed by atoms with Crippen molar-refractivity contribution in [3.8, 4) is 11.4 Å². The molecule has 1 atom stereocenters. The van der Waals surface area contributed by atoms with Crippen LogP contribution in [0.25, 0.3) is 22.3 Å². The van der Waals surface area contributed by atoms with E-state index in [1.165, 1.54) is 0 Å². The Morgan fingerprint density at radius 2 is 1.83 bits per heavy atom. The first kappa shape index (κ1) is 20.3. The summed E-state index contributed by atoms with van der Waals surface area (Å²) in [5, 5.41) is 4.22. The van der Waals surface area contributed by atoms with Crippen molar-refractivity contribution in [3.05, 3.63) is 48.8 Å². The van der Waals surface area contributed by atoms with Gasteiger partial charge in [-0.15, -0.1) is 0 Å². The number of amides is 1. The maximum Gasteiger partial charge on any atom is 0.223 e. The third-order valence-corrected chi connectivity index (χ3v) is 6.04. The zero-order valence-corrected chi connectivity index (χ0v) is 17.9. The molecule has 0 saturated carbocycles. The van der Waals surface area contributed by atoms with Crippen LogP contribution in [0, 0.1) is 11.8 Å². The van der Waals surface area contributed by atoms with Crippen molar-refractivity contribution in [2.75, 3.05) is 18.0 Å². The molecule has 6 nitrogen and oxygen atoms in total. The molecular weight excluding hydrogens is 374 g/mol. The summed E-state index contributed by atoms with van der Waals surface area (Å²) in [4.78, 5) is 28.8. The second-order valence-corrected chi connectivity index (χ2v) is 8.43. The average Bonchev–Trinajstić information content (AvgIpc) is 2.79. The van der Waals surface area contributed by atoms with Gasteiger partial charge in [0.1, 0.15) is 5.82 Å². The normalized spacial score (nSPS) is 16.1. The molecule has 1 amide bonds. The number of piperidine rings is 1. The number of pyridine rings is 1. The first-order chi connectivity index (χ1) is 14.5. The van der Waals surface area contributed by atoms with Gasteiger partial charge in [-0.25, -0.2) is 9.97 Å². The summed E-state index contributed by atoms with van der Waals surface area (Å²) in [6, 6.07) is 12.2. The number of hydrogen-bond donors (Lipinski definition) is 1. The summed E-state index contributed by atoms with van der Waals surface area (Å²) in [6.07, 6.45) is 5.20. The van der Waals surface area contributed by atoms with Crippen LogP contribution in [0.4, 0.5) is 5.82 Å². The number of para-hydroxylation sites is 1. The molecule has 1 saturated heterocycles. The molecule has 1 aromatic carbocycles. The van der Waals surface area contributed by atoms with Gasteiger partial charge in [0, 0.05) is 48.4 Å². The maximum atomic E-state index is 12.6. The molecule has 156 valence electrons. The average molecular weight is 404 g/mol. The van der Waals surface area contributed by atoms with Gasteiger partial charge >= 0.3 is 0 Å². The summed E-state index contributed by atoms with van der Waals surface area (Å²) in [6.45, 7) is 7.95. The zero-order chi connectivity index (χ0) is 21.1. The van der Waals surface area contributed by atoms with Crippen molar-refractivity contribution in [2.45, 2.75) is 39.7 Å². The van der Waals surface area contributed by atoms with E-state index in [0.717, 1.165) is 48.2 Å². The molecule has 30 heavy (non-hydrogen) atoms. The summed E-state index contributed by atoms with van der Waals surface area (Å²) in [7, 11) is 0. The van der Waals surface area contributed by atoms with E-state index in [-0.39, 0.29) is 17.9 Å². The van der Waals surface area contributed by atoms with Crippen LogP contribution in [-0.2, 0) is 4.79 Å². The number of benzene rings is 1. The van der Waals surface area contributed by atoms with E-state index in [2.05, 4.69) is 42.0 Å².